The third-order valence-corrected chi connectivity index (χ3v) is 4.06. The molecular weight excluding hydrogens is 314 g/mol. The van der Waals surface area contributed by atoms with Crippen LogP contribution in [-0.2, 0) is 6.42 Å². The molecule has 1 N–H and O–H groups in total. The fourth-order valence-electron chi connectivity index (χ4n) is 2.86. The molecule has 6 nitrogen and oxygen atoms in total. The maximum Gasteiger partial charge on any atom is 0.271 e. The van der Waals surface area contributed by atoms with Crippen LogP contribution in [0.25, 0.3) is 16.6 Å². The maximum absolute atomic E-state index is 12.0. The minimum absolute atomic E-state index is 0.180. The minimum atomic E-state index is -0.180. The van der Waals surface area contributed by atoms with Gasteiger partial charge in [0.15, 0.2) is 5.65 Å². The Morgan fingerprint density at radius 2 is 2.08 bits per heavy atom. The van der Waals surface area contributed by atoms with Gasteiger partial charge in [0.2, 0.25) is 0 Å². The zero-order valence-corrected chi connectivity index (χ0v) is 13.8. The van der Waals surface area contributed by atoms with Crippen molar-refractivity contribution in [2.75, 3.05) is 6.54 Å². The van der Waals surface area contributed by atoms with Gasteiger partial charge in [-0.1, -0.05) is 12.1 Å². The second kappa shape index (κ2) is 6.32. The third kappa shape index (κ3) is 2.94. The lowest BCUT2D eigenvalue weighted by atomic mass is 10.1. The number of hydrogen-bond donors (Lipinski definition) is 1. The molecule has 0 saturated carbocycles. The highest BCUT2D eigenvalue weighted by atomic mass is 16.1. The summed E-state index contributed by atoms with van der Waals surface area (Å²) in [7, 11) is 0. The molecule has 3 aromatic heterocycles. The number of nitrogens with zero attached hydrogens (tertiary/aromatic N) is 4. The molecule has 4 aromatic rings. The maximum atomic E-state index is 12.0. The Bertz CT molecular complexity index is 1070. The number of nitrogens with one attached hydrogen (secondary N) is 1. The highest BCUT2D eigenvalue weighted by molar-refractivity contribution is 5.92. The van der Waals surface area contributed by atoms with Crippen LogP contribution < -0.4 is 5.32 Å². The third-order valence-electron chi connectivity index (χ3n) is 4.06. The average molecular weight is 331 g/mol. The van der Waals surface area contributed by atoms with Crippen LogP contribution in [0.4, 0.5) is 0 Å². The molecule has 1 aromatic carbocycles. The first-order chi connectivity index (χ1) is 12.2. The predicted molar refractivity (Wildman–Crippen MR) is 95.5 cm³/mol. The molecule has 0 aliphatic rings. The van der Waals surface area contributed by atoms with Crippen LogP contribution in [0.2, 0.25) is 0 Å². The second-order valence-corrected chi connectivity index (χ2v) is 5.80. The van der Waals surface area contributed by atoms with Gasteiger partial charge in [0.25, 0.3) is 5.91 Å². The van der Waals surface area contributed by atoms with Crippen LogP contribution >= 0.6 is 0 Å². The van der Waals surface area contributed by atoms with E-state index in [9.17, 15) is 4.79 Å². The summed E-state index contributed by atoms with van der Waals surface area (Å²) in [4.78, 5) is 20.7. The Balaban J connectivity index is 1.70. The minimum Gasteiger partial charge on any atom is -0.351 e. The topological polar surface area (TPSA) is 72.2 Å². The van der Waals surface area contributed by atoms with Gasteiger partial charge in [-0.05, 0) is 42.8 Å². The fourth-order valence-corrected chi connectivity index (χ4v) is 2.86. The summed E-state index contributed by atoms with van der Waals surface area (Å²) in [6.07, 6.45) is 4.27. The van der Waals surface area contributed by atoms with E-state index in [-0.39, 0.29) is 5.91 Å². The van der Waals surface area contributed by atoms with Gasteiger partial charge in [0, 0.05) is 24.5 Å². The summed E-state index contributed by atoms with van der Waals surface area (Å²) in [5, 5.41) is 8.31. The SMILES string of the molecule is CCNC(=O)c1ccc2ncc(Cc3ccc4ncccc4c3)n2n1. The van der Waals surface area contributed by atoms with Gasteiger partial charge in [-0.2, -0.15) is 5.10 Å². The van der Waals surface area contributed by atoms with Crippen molar-refractivity contribution in [1.29, 1.82) is 0 Å². The number of rotatable bonds is 4. The zero-order chi connectivity index (χ0) is 17.2. The number of aromatic nitrogens is 4. The first-order valence-electron chi connectivity index (χ1n) is 8.20. The highest BCUT2D eigenvalue weighted by Crippen LogP contribution is 2.17. The lowest BCUT2D eigenvalue weighted by Crippen LogP contribution is -2.24. The van der Waals surface area contributed by atoms with Gasteiger partial charge in [-0.25, -0.2) is 9.50 Å². The monoisotopic (exact) mass is 331 g/mol. The van der Waals surface area contributed by atoms with E-state index in [0.29, 0.717) is 18.7 Å². The van der Waals surface area contributed by atoms with E-state index in [2.05, 4.69) is 32.5 Å². The Hall–Kier alpha value is -3.28. The number of hydrogen-bond acceptors (Lipinski definition) is 4. The molecular formula is C19H17N5O. The van der Waals surface area contributed by atoms with Crippen molar-refractivity contribution < 1.29 is 4.79 Å². The number of carbonyl (C=O) groups is 1. The number of amides is 1. The summed E-state index contributed by atoms with van der Waals surface area (Å²) in [6, 6.07) is 13.7. The number of benzene rings is 1. The lowest BCUT2D eigenvalue weighted by molar-refractivity contribution is 0.0949. The van der Waals surface area contributed by atoms with Crippen molar-refractivity contribution >= 4 is 22.5 Å². The Labute approximate surface area is 144 Å². The quantitative estimate of drug-likeness (QED) is 0.624. The van der Waals surface area contributed by atoms with Crippen molar-refractivity contribution in [3.05, 3.63) is 71.8 Å². The van der Waals surface area contributed by atoms with Gasteiger partial charge in [0.1, 0.15) is 5.69 Å². The molecule has 0 unspecified atom stereocenters. The summed E-state index contributed by atoms with van der Waals surface area (Å²) in [6.45, 7) is 2.45. The summed E-state index contributed by atoms with van der Waals surface area (Å²) < 4.78 is 1.73. The van der Waals surface area contributed by atoms with Gasteiger partial charge >= 0.3 is 0 Å². The summed E-state index contributed by atoms with van der Waals surface area (Å²) in [5.74, 6) is -0.180. The molecule has 0 radical (unpaired) electrons. The molecule has 3 heterocycles. The first kappa shape index (κ1) is 15.3. The molecule has 0 aliphatic heterocycles. The lowest BCUT2D eigenvalue weighted by Gasteiger charge is -2.05. The molecule has 1 amide bonds. The summed E-state index contributed by atoms with van der Waals surface area (Å²) >= 11 is 0. The molecule has 0 bridgehead atoms. The van der Waals surface area contributed by atoms with Gasteiger partial charge in [0.05, 0.1) is 17.4 Å². The molecule has 0 spiro atoms. The van der Waals surface area contributed by atoms with Crippen LogP contribution in [0.3, 0.4) is 0 Å². The molecule has 25 heavy (non-hydrogen) atoms. The van der Waals surface area contributed by atoms with Gasteiger partial charge in [-0.15, -0.1) is 0 Å². The van der Waals surface area contributed by atoms with E-state index >= 15 is 0 Å². The molecule has 124 valence electrons. The summed E-state index contributed by atoms with van der Waals surface area (Å²) in [5.41, 5.74) is 4.17. The van der Waals surface area contributed by atoms with E-state index in [1.54, 1.807) is 23.0 Å². The predicted octanol–water partition coefficient (Wildman–Crippen LogP) is 2.62. The van der Waals surface area contributed by atoms with Gasteiger partial charge < -0.3 is 5.32 Å². The highest BCUT2D eigenvalue weighted by Gasteiger charge is 2.11. The largest absolute Gasteiger partial charge is 0.351 e. The molecule has 0 aliphatic carbocycles. The zero-order valence-electron chi connectivity index (χ0n) is 13.8. The van der Waals surface area contributed by atoms with Crippen LogP contribution in [0, 0.1) is 0 Å². The number of carbonyl (C=O) groups excluding carboxylic acids is 1. The van der Waals surface area contributed by atoms with Crippen molar-refractivity contribution in [2.45, 2.75) is 13.3 Å². The Morgan fingerprint density at radius 1 is 1.16 bits per heavy atom. The average Bonchev–Trinajstić information content (AvgIpc) is 3.04. The van der Waals surface area contributed by atoms with Crippen molar-refractivity contribution in [3.8, 4) is 0 Å². The van der Waals surface area contributed by atoms with Crippen molar-refractivity contribution in [2.24, 2.45) is 0 Å². The standard InChI is InChI=1S/C19H17N5O/c1-2-20-19(25)17-7-8-18-22-12-15(24(18)23-17)11-13-5-6-16-14(10-13)4-3-9-21-16/h3-10,12H,2,11H2,1H3,(H,20,25). The van der Waals surface area contributed by atoms with E-state index in [1.165, 1.54) is 0 Å². The van der Waals surface area contributed by atoms with Crippen LogP contribution in [-0.4, -0.2) is 32.0 Å². The molecule has 0 atom stereocenters. The number of pyridine rings is 1. The molecule has 4 rings (SSSR count). The van der Waals surface area contributed by atoms with E-state index in [1.807, 2.05) is 31.2 Å². The van der Waals surface area contributed by atoms with Gasteiger partial charge in [-0.3, -0.25) is 9.78 Å². The fraction of sp³-hybridized carbons (Fsp3) is 0.158. The smallest absolute Gasteiger partial charge is 0.271 e. The molecule has 0 fully saturated rings. The first-order valence-corrected chi connectivity index (χ1v) is 8.20. The normalized spacial score (nSPS) is 11.1. The Kier molecular flexibility index (Phi) is 3.85. The van der Waals surface area contributed by atoms with E-state index in [0.717, 1.165) is 27.8 Å². The molecule has 0 saturated heterocycles. The van der Waals surface area contributed by atoms with Crippen molar-refractivity contribution in [3.63, 3.8) is 0 Å². The second-order valence-electron chi connectivity index (χ2n) is 5.80. The van der Waals surface area contributed by atoms with E-state index < -0.39 is 0 Å². The Morgan fingerprint density at radius 3 is 2.96 bits per heavy atom. The van der Waals surface area contributed by atoms with Crippen LogP contribution in [0.15, 0.2) is 54.9 Å². The number of fused-ring (bicyclic) bond motifs is 2. The van der Waals surface area contributed by atoms with Crippen LogP contribution in [0.5, 0.6) is 0 Å². The molecule has 6 heteroatoms. The van der Waals surface area contributed by atoms with Crippen molar-refractivity contribution in [1.82, 2.24) is 24.9 Å². The van der Waals surface area contributed by atoms with E-state index in [4.69, 9.17) is 0 Å². The van der Waals surface area contributed by atoms with Crippen LogP contribution in [0.1, 0.15) is 28.7 Å². The number of imidazole rings is 1.